The van der Waals surface area contributed by atoms with E-state index in [1.54, 1.807) is 0 Å². The lowest BCUT2D eigenvalue weighted by Crippen LogP contribution is -2.28. The lowest BCUT2D eigenvalue weighted by molar-refractivity contribution is 0.960. The Labute approximate surface area is 192 Å². The zero-order chi connectivity index (χ0) is 21.7. The third kappa shape index (κ3) is 2.99. The Morgan fingerprint density at radius 1 is 0.781 bits per heavy atom. The Morgan fingerprint density at radius 2 is 1.56 bits per heavy atom. The van der Waals surface area contributed by atoms with Crippen LogP contribution in [0.3, 0.4) is 0 Å². The Balaban J connectivity index is 1.74. The standard InChI is InChI=1S/C29H21ClN2/c1-32-27(30)17-15-21-14-16-24-25(23-13-7-11-19-8-5-6-12-22(19)23)18-26(31-28(24)29(21)32)20-9-3-2-4-10-20/h2-18,27H,1H3. The number of alkyl halides is 1. The number of aromatic nitrogens is 1. The molecule has 32 heavy (non-hydrogen) atoms. The summed E-state index contributed by atoms with van der Waals surface area (Å²) in [7, 11) is 2.04. The van der Waals surface area contributed by atoms with Gasteiger partial charge in [0.1, 0.15) is 5.50 Å². The molecule has 0 fully saturated rings. The predicted octanol–water partition coefficient (Wildman–Crippen LogP) is 7.75. The molecule has 1 unspecified atom stereocenters. The lowest BCUT2D eigenvalue weighted by atomic mass is 9.92. The molecular weight excluding hydrogens is 412 g/mol. The summed E-state index contributed by atoms with van der Waals surface area (Å²) in [6.45, 7) is 0. The Kier molecular flexibility index (Phi) is 4.48. The average Bonchev–Trinajstić information content (AvgIpc) is 2.85. The number of hydrogen-bond acceptors (Lipinski definition) is 2. The van der Waals surface area contributed by atoms with E-state index in [0.717, 1.165) is 33.4 Å². The number of anilines is 1. The van der Waals surface area contributed by atoms with Crippen molar-refractivity contribution in [2.75, 3.05) is 11.9 Å². The molecule has 0 saturated carbocycles. The number of benzene rings is 4. The molecule has 4 aromatic carbocycles. The molecule has 2 heterocycles. The molecule has 1 aromatic heterocycles. The van der Waals surface area contributed by atoms with Gasteiger partial charge >= 0.3 is 0 Å². The molecule has 0 radical (unpaired) electrons. The van der Waals surface area contributed by atoms with Crippen LogP contribution in [0.1, 0.15) is 5.56 Å². The summed E-state index contributed by atoms with van der Waals surface area (Å²) in [5.74, 6) is 0. The number of fused-ring (bicyclic) bond motifs is 4. The first-order chi connectivity index (χ1) is 15.7. The average molecular weight is 433 g/mol. The number of hydrogen-bond donors (Lipinski definition) is 0. The Bertz CT molecular complexity index is 1500. The van der Waals surface area contributed by atoms with Crippen molar-refractivity contribution in [3.63, 3.8) is 0 Å². The molecule has 1 aliphatic heterocycles. The fourth-order valence-electron chi connectivity index (χ4n) is 4.67. The summed E-state index contributed by atoms with van der Waals surface area (Å²) >= 11 is 6.60. The highest BCUT2D eigenvalue weighted by atomic mass is 35.5. The molecule has 154 valence electrons. The first-order valence-corrected chi connectivity index (χ1v) is 11.2. The molecule has 0 amide bonds. The van der Waals surface area contributed by atoms with Crippen LogP contribution < -0.4 is 4.90 Å². The first kappa shape index (κ1) is 19.1. The smallest absolute Gasteiger partial charge is 0.123 e. The highest BCUT2D eigenvalue weighted by Crippen LogP contribution is 2.42. The van der Waals surface area contributed by atoms with Crippen molar-refractivity contribution >= 4 is 45.0 Å². The maximum Gasteiger partial charge on any atom is 0.123 e. The molecule has 0 aliphatic carbocycles. The monoisotopic (exact) mass is 432 g/mol. The van der Waals surface area contributed by atoms with Crippen LogP contribution in [0.5, 0.6) is 0 Å². The molecule has 0 N–H and O–H groups in total. The topological polar surface area (TPSA) is 16.1 Å². The fourth-order valence-corrected chi connectivity index (χ4v) is 4.84. The molecule has 0 saturated heterocycles. The van der Waals surface area contributed by atoms with Crippen molar-refractivity contribution < 1.29 is 0 Å². The van der Waals surface area contributed by atoms with Crippen molar-refractivity contribution in [1.29, 1.82) is 0 Å². The summed E-state index contributed by atoms with van der Waals surface area (Å²) in [5.41, 5.74) is 7.45. The SMILES string of the molecule is CN1c2c(ccc3c(-c4cccc5ccccc45)cc(-c4ccccc4)nc23)C=CC1Cl. The van der Waals surface area contributed by atoms with E-state index in [0.29, 0.717) is 0 Å². The van der Waals surface area contributed by atoms with Crippen molar-refractivity contribution in [2.24, 2.45) is 0 Å². The van der Waals surface area contributed by atoms with Gasteiger partial charge in [0, 0.05) is 18.0 Å². The Morgan fingerprint density at radius 3 is 2.44 bits per heavy atom. The number of halogens is 1. The number of pyridine rings is 1. The van der Waals surface area contributed by atoms with Gasteiger partial charge in [-0.1, -0.05) is 103 Å². The van der Waals surface area contributed by atoms with Gasteiger partial charge in [0.05, 0.1) is 16.9 Å². The highest BCUT2D eigenvalue weighted by molar-refractivity contribution is 6.24. The van der Waals surface area contributed by atoms with Crippen molar-refractivity contribution in [3.05, 3.63) is 103 Å². The van der Waals surface area contributed by atoms with E-state index in [9.17, 15) is 0 Å². The maximum absolute atomic E-state index is 6.60. The maximum atomic E-state index is 6.60. The highest BCUT2D eigenvalue weighted by Gasteiger charge is 2.22. The Hall–Kier alpha value is -3.62. The van der Waals surface area contributed by atoms with Gasteiger partial charge in [-0.3, -0.25) is 0 Å². The van der Waals surface area contributed by atoms with Crippen molar-refractivity contribution in [1.82, 2.24) is 4.98 Å². The molecule has 1 aliphatic rings. The van der Waals surface area contributed by atoms with Crippen LogP contribution in [-0.2, 0) is 0 Å². The number of rotatable bonds is 2. The third-order valence-corrected chi connectivity index (χ3v) is 6.73. The zero-order valence-electron chi connectivity index (χ0n) is 17.7. The molecular formula is C29H21ClN2. The lowest BCUT2D eigenvalue weighted by Gasteiger charge is -2.29. The quantitative estimate of drug-likeness (QED) is 0.209. The van der Waals surface area contributed by atoms with Crippen molar-refractivity contribution in [3.8, 4) is 22.4 Å². The van der Waals surface area contributed by atoms with Gasteiger partial charge in [0.25, 0.3) is 0 Å². The van der Waals surface area contributed by atoms with Gasteiger partial charge in [0.2, 0.25) is 0 Å². The van der Waals surface area contributed by atoms with Gasteiger partial charge in [0.15, 0.2) is 0 Å². The molecule has 1 atom stereocenters. The van der Waals surface area contributed by atoms with Crippen LogP contribution >= 0.6 is 11.6 Å². The van der Waals surface area contributed by atoms with Gasteiger partial charge in [-0.05, 0) is 39.6 Å². The van der Waals surface area contributed by atoms with E-state index in [2.05, 4.69) is 95.9 Å². The third-order valence-electron chi connectivity index (χ3n) is 6.29. The normalized spacial score (nSPS) is 15.3. The largest absolute Gasteiger partial charge is 0.353 e. The predicted molar refractivity (Wildman–Crippen MR) is 137 cm³/mol. The fraction of sp³-hybridized carbons (Fsp3) is 0.0690. The molecule has 0 bridgehead atoms. The van der Waals surface area contributed by atoms with E-state index in [4.69, 9.17) is 16.6 Å². The molecule has 2 nitrogen and oxygen atoms in total. The number of likely N-dealkylation sites (N-methyl/N-ethyl adjacent to an activating group) is 1. The molecule has 6 rings (SSSR count). The van der Waals surface area contributed by atoms with Crippen molar-refractivity contribution in [2.45, 2.75) is 5.50 Å². The van der Waals surface area contributed by atoms with Gasteiger partial charge < -0.3 is 4.90 Å². The second-order valence-electron chi connectivity index (χ2n) is 8.19. The minimum atomic E-state index is -0.198. The van der Waals surface area contributed by atoms with E-state index >= 15 is 0 Å². The van der Waals surface area contributed by atoms with E-state index in [1.165, 1.54) is 21.9 Å². The summed E-state index contributed by atoms with van der Waals surface area (Å²) in [4.78, 5) is 7.28. The second kappa shape index (κ2) is 7.51. The van der Waals surface area contributed by atoms with E-state index in [1.807, 2.05) is 19.2 Å². The molecule has 5 aromatic rings. The number of nitrogens with zero attached hydrogens (tertiary/aromatic N) is 2. The van der Waals surface area contributed by atoms with Crippen LogP contribution in [0.15, 0.2) is 97.1 Å². The van der Waals surface area contributed by atoms with Gasteiger partial charge in [-0.25, -0.2) is 4.98 Å². The van der Waals surface area contributed by atoms with Crippen LogP contribution in [-0.4, -0.2) is 17.5 Å². The second-order valence-corrected chi connectivity index (χ2v) is 8.64. The summed E-state index contributed by atoms with van der Waals surface area (Å²) in [5, 5.41) is 3.60. The van der Waals surface area contributed by atoms with Gasteiger partial charge in [-0.15, -0.1) is 0 Å². The minimum absolute atomic E-state index is 0.198. The zero-order valence-corrected chi connectivity index (χ0v) is 18.4. The first-order valence-electron chi connectivity index (χ1n) is 10.8. The van der Waals surface area contributed by atoms with Crippen LogP contribution in [0.4, 0.5) is 5.69 Å². The summed E-state index contributed by atoms with van der Waals surface area (Å²) < 4.78 is 0. The van der Waals surface area contributed by atoms with Crippen LogP contribution in [0.2, 0.25) is 0 Å². The van der Waals surface area contributed by atoms with E-state index in [-0.39, 0.29) is 5.50 Å². The van der Waals surface area contributed by atoms with Crippen LogP contribution in [0, 0.1) is 0 Å². The summed E-state index contributed by atoms with van der Waals surface area (Å²) in [6.07, 6.45) is 4.11. The molecule has 3 heteroatoms. The van der Waals surface area contributed by atoms with Crippen LogP contribution in [0.25, 0.3) is 50.1 Å². The summed E-state index contributed by atoms with van der Waals surface area (Å²) in [6, 6.07) is 32.0. The van der Waals surface area contributed by atoms with Gasteiger partial charge in [-0.2, -0.15) is 0 Å². The molecule has 0 spiro atoms. The van der Waals surface area contributed by atoms with E-state index < -0.39 is 0 Å². The minimum Gasteiger partial charge on any atom is -0.353 e.